The van der Waals surface area contributed by atoms with Crippen LogP contribution < -0.4 is 4.74 Å². The van der Waals surface area contributed by atoms with Crippen LogP contribution in [0.25, 0.3) is 0 Å². The number of ether oxygens (including phenoxy) is 1. The summed E-state index contributed by atoms with van der Waals surface area (Å²) in [5, 5.41) is 7.93. The average Bonchev–Trinajstić information content (AvgIpc) is 3.05. The summed E-state index contributed by atoms with van der Waals surface area (Å²) in [6.45, 7) is 9.37. The minimum absolute atomic E-state index is 0.573. The quantitative estimate of drug-likeness (QED) is 0.358. The van der Waals surface area contributed by atoms with Crippen LogP contribution in [0.15, 0.2) is 27.9 Å². The zero-order chi connectivity index (χ0) is 18.1. The summed E-state index contributed by atoms with van der Waals surface area (Å²) in [5.41, 5.74) is 4.26. The van der Waals surface area contributed by atoms with Crippen LogP contribution in [0.2, 0.25) is 0 Å². The molecule has 0 atom stereocenters. The van der Waals surface area contributed by atoms with Crippen LogP contribution in [0, 0.1) is 13.8 Å². The predicted molar refractivity (Wildman–Crippen MR) is 99.5 cm³/mol. The van der Waals surface area contributed by atoms with Crippen molar-refractivity contribution in [2.24, 2.45) is 5.16 Å². The lowest BCUT2D eigenvalue weighted by molar-refractivity contribution is 0.160. The fraction of sp³-hybridized carbons (Fsp3) is 0.500. The summed E-state index contributed by atoms with van der Waals surface area (Å²) in [5.74, 6) is 1.92. The Balaban J connectivity index is 1.80. The van der Waals surface area contributed by atoms with Crippen LogP contribution >= 0.6 is 0 Å². The molecule has 2 rings (SSSR count). The molecular formula is C20H28N2O3. The lowest BCUT2D eigenvalue weighted by Crippen LogP contribution is -2.02. The second kappa shape index (κ2) is 9.87. The van der Waals surface area contributed by atoms with Gasteiger partial charge in [-0.1, -0.05) is 17.2 Å². The van der Waals surface area contributed by atoms with Gasteiger partial charge in [-0.2, -0.15) is 0 Å². The first-order chi connectivity index (χ1) is 12.1. The van der Waals surface area contributed by atoms with E-state index < -0.39 is 0 Å². The van der Waals surface area contributed by atoms with Crippen LogP contribution in [0.3, 0.4) is 0 Å². The van der Waals surface area contributed by atoms with Crippen molar-refractivity contribution >= 4 is 6.21 Å². The highest BCUT2D eigenvalue weighted by Gasteiger charge is 2.07. The van der Waals surface area contributed by atoms with Crippen molar-refractivity contribution in [2.75, 3.05) is 13.2 Å². The first-order valence-corrected chi connectivity index (χ1v) is 8.97. The molecule has 1 aromatic carbocycles. The van der Waals surface area contributed by atoms with Crippen molar-refractivity contribution in [2.45, 2.75) is 53.4 Å². The van der Waals surface area contributed by atoms with Gasteiger partial charge in [0.1, 0.15) is 18.1 Å². The Bertz CT molecular complexity index is 669. The molecule has 0 aliphatic rings. The smallest absolute Gasteiger partial charge is 0.137 e. The highest BCUT2D eigenvalue weighted by Crippen LogP contribution is 2.24. The van der Waals surface area contributed by atoms with Gasteiger partial charge in [0, 0.05) is 12.5 Å². The van der Waals surface area contributed by atoms with Gasteiger partial charge in [0.2, 0.25) is 0 Å². The normalized spacial score (nSPS) is 11.2. The predicted octanol–water partition coefficient (Wildman–Crippen LogP) is 4.63. The number of aryl methyl sites for hydroxylation is 4. The number of oxime groups is 1. The number of hydrogen-bond donors (Lipinski definition) is 0. The van der Waals surface area contributed by atoms with E-state index in [1.54, 1.807) is 6.21 Å². The molecule has 5 nitrogen and oxygen atoms in total. The molecule has 1 heterocycles. The van der Waals surface area contributed by atoms with Gasteiger partial charge < -0.3 is 14.1 Å². The highest BCUT2D eigenvalue weighted by atomic mass is 16.6. The molecule has 0 aliphatic carbocycles. The summed E-state index contributed by atoms with van der Waals surface area (Å²) in [4.78, 5) is 5.01. The molecule has 1 aromatic heterocycles. The molecule has 0 fully saturated rings. The van der Waals surface area contributed by atoms with E-state index in [4.69, 9.17) is 14.1 Å². The number of benzene rings is 1. The van der Waals surface area contributed by atoms with Gasteiger partial charge in [-0.15, -0.1) is 0 Å². The van der Waals surface area contributed by atoms with Crippen LogP contribution in [-0.2, 0) is 17.7 Å². The fourth-order valence-corrected chi connectivity index (χ4v) is 2.67. The molecule has 0 aliphatic heterocycles. The maximum atomic E-state index is 5.99. The van der Waals surface area contributed by atoms with E-state index in [0.717, 1.165) is 59.6 Å². The summed E-state index contributed by atoms with van der Waals surface area (Å²) in [6.07, 6.45) is 5.55. The van der Waals surface area contributed by atoms with Gasteiger partial charge in [0.25, 0.3) is 0 Å². The average molecular weight is 344 g/mol. The molecule has 2 aromatic rings. The van der Waals surface area contributed by atoms with Crippen LogP contribution in [-0.4, -0.2) is 24.6 Å². The number of hydrogen-bond acceptors (Lipinski definition) is 5. The lowest BCUT2D eigenvalue weighted by Gasteiger charge is -2.13. The molecule has 0 unspecified atom stereocenters. The minimum atomic E-state index is 0.573. The molecule has 25 heavy (non-hydrogen) atoms. The summed E-state index contributed by atoms with van der Waals surface area (Å²) >= 11 is 0. The second-order valence-electron chi connectivity index (χ2n) is 6.08. The third kappa shape index (κ3) is 5.93. The third-order valence-electron chi connectivity index (χ3n) is 3.92. The van der Waals surface area contributed by atoms with Gasteiger partial charge in [-0.05, 0) is 68.9 Å². The van der Waals surface area contributed by atoms with E-state index in [9.17, 15) is 0 Å². The second-order valence-corrected chi connectivity index (χ2v) is 6.08. The Morgan fingerprint density at radius 1 is 1.12 bits per heavy atom. The molecule has 0 amide bonds. The van der Waals surface area contributed by atoms with Crippen LogP contribution in [0.5, 0.6) is 5.75 Å². The first-order valence-electron chi connectivity index (χ1n) is 8.97. The van der Waals surface area contributed by atoms with E-state index in [1.807, 2.05) is 13.0 Å². The lowest BCUT2D eigenvalue weighted by atomic mass is 10.1. The van der Waals surface area contributed by atoms with Gasteiger partial charge in [0.15, 0.2) is 0 Å². The third-order valence-corrected chi connectivity index (χ3v) is 3.92. The van der Waals surface area contributed by atoms with Gasteiger partial charge in [-0.25, -0.2) is 0 Å². The zero-order valence-corrected chi connectivity index (χ0v) is 15.7. The largest absolute Gasteiger partial charge is 0.493 e. The van der Waals surface area contributed by atoms with Crippen molar-refractivity contribution < 1.29 is 14.1 Å². The monoisotopic (exact) mass is 344 g/mol. The molecule has 0 radical (unpaired) electrons. The maximum Gasteiger partial charge on any atom is 0.137 e. The molecule has 0 bridgehead atoms. The number of rotatable bonds is 10. The first kappa shape index (κ1) is 19.0. The van der Waals surface area contributed by atoms with E-state index in [-0.39, 0.29) is 0 Å². The molecular weight excluding hydrogens is 316 g/mol. The zero-order valence-electron chi connectivity index (χ0n) is 15.7. The fourth-order valence-electron chi connectivity index (χ4n) is 2.67. The van der Waals surface area contributed by atoms with Crippen molar-refractivity contribution in [3.05, 3.63) is 46.3 Å². The van der Waals surface area contributed by atoms with E-state index in [0.29, 0.717) is 13.2 Å². The van der Waals surface area contributed by atoms with Crippen molar-refractivity contribution in [3.63, 3.8) is 0 Å². The van der Waals surface area contributed by atoms with E-state index >= 15 is 0 Å². The molecule has 0 spiro atoms. The minimum Gasteiger partial charge on any atom is -0.493 e. The molecule has 5 heteroatoms. The van der Waals surface area contributed by atoms with Gasteiger partial charge >= 0.3 is 0 Å². The standard InChI is InChI=1S/C20H28N2O3/c1-5-18-13-19(25-22-18)9-7-8-10-23-20-15(3)11-17(12-16(20)4)14-21-24-6-2/h11-14H,5-10H2,1-4H3/b21-14+. The van der Waals surface area contributed by atoms with Crippen LogP contribution in [0.4, 0.5) is 0 Å². The van der Waals surface area contributed by atoms with Crippen molar-refractivity contribution in [1.82, 2.24) is 5.16 Å². The highest BCUT2D eigenvalue weighted by molar-refractivity contribution is 5.80. The van der Waals surface area contributed by atoms with Crippen molar-refractivity contribution in [1.29, 1.82) is 0 Å². The van der Waals surface area contributed by atoms with Crippen LogP contribution in [0.1, 0.15) is 54.8 Å². The van der Waals surface area contributed by atoms with E-state index in [1.165, 1.54) is 0 Å². The summed E-state index contributed by atoms with van der Waals surface area (Å²) in [6, 6.07) is 6.16. The SMILES string of the molecule is CCO/N=C/c1cc(C)c(OCCCCc2cc(CC)no2)c(C)c1. The molecule has 136 valence electrons. The molecule has 0 N–H and O–H groups in total. The Kier molecular flexibility index (Phi) is 7.51. The summed E-state index contributed by atoms with van der Waals surface area (Å²) < 4.78 is 11.3. The number of unbranched alkanes of at least 4 members (excludes halogenated alkanes) is 1. The van der Waals surface area contributed by atoms with Crippen molar-refractivity contribution in [3.8, 4) is 5.75 Å². The molecule has 0 saturated heterocycles. The topological polar surface area (TPSA) is 56.9 Å². The number of nitrogens with zero attached hydrogens (tertiary/aromatic N) is 2. The Labute approximate surface area is 150 Å². The Hall–Kier alpha value is -2.30. The summed E-state index contributed by atoms with van der Waals surface area (Å²) in [7, 11) is 0. The Morgan fingerprint density at radius 3 is 2.52 bits per heavy atom. The molecule has 0 saturated carbocycles. The number of aromatic nitrogens is 1. The van der Waals surface area contributed by atoms with E-state index in [2.05, 4.69) is 43.2 Å². The maximum absolute atomic E-state index is 5.99. The van der Waals surface area contributed by atoms with Gasteiger partial charge in [0.05, 0.1) is 18.5 Å². The Morgan fingerprint density at radius 2 is 1.88 bits per heavy atom. The van der Waals surface area contributed by atoms with Gasteiger partial charge in [-0.3, -0.25) is 0 Å².